The van der Waals surface area contributed by atoms with Crippen LogP contribution in [0.5, 0.6) is 0 Å². The van der Waals surface area contributed by atoms with Crippen molar-refractivity contribution in [3.8, 4) is 0 Å². The second-order valence-electron chi connectivity index (χ2n) is 10.7. The number of nitrogens with zero attached hydrogens (tertiary/aromatic N) is 3. The van der Waals surface area contributed by atoms with E-state index in [-0.39, 0.29) is 29.7 Å². The molecule has 3 aliphatic rings. The molecule has 1 aromatic carbocycles. The molecule has 2 saturated heterocycles. The van der Waals surface area contributed by atoms with Gasteiger partial charge in [0.25, 0.3) is 5.91 Å². The first-order valence-corrected chi connectivity index (χ1v) is 11.6. The van der Waals surface area contributed by atoms with Gasteiger partial charge in [-0.1, -0.05) is 26.8 Å². The fraction of sp³-hybridized carbons (Fsp3) is 0.625. The molecule has 1 spiro atoms. The van der Waals surface area contributed by atoms with Crippen molar-refractivity contribution in [3.63, 3.8) is 0 Å². The van der Waals surface area contributed by atoms with Crippen molar-refractivity contribution in [2.24, 2.45) is 11.3 Å². The van der Waals surface area contributed by atoms with Crippen LogP contribution in [-0.4, -0.2) is 65.9 Å². The summed E-state index contributed by atoms with van der Waals surface area (Å²) in [4.78, 5) is 43.2. The smallest absolute Gasteiger partial charge is 0.368 e. The van der Waals surface area contributed by atoms with Gasteiger partial charge in [-0.15, -0.1) is 0 Å². The van der Waals surface area contributed by atoms with Crippen molar-refractivity contribution in [2.45, 2.75) is 51.7 Å². The van der Waals surface area contributed by atoms with Crippen LogP contribution in [0.2, 0.25) is 0 Å². The molecule has 34 heavy (non-hydrogen) atoms. The molecular formula is C24H31F3N4O3. The number of halogens is 3. The first-order valence-electron chi connectivity index (χ1n) is 11.6. The zero-order chi connectivity index (χ0) is 24.9. The predicted molar refractivity (Wildman–Crippen MR) is 120 cm³/mol. The molecule has 7 nitrogen and oxygen atoms in total. The molecule has 4 amide bonds. The van der Waals surface area contributed by atoms with Crippen LogP contribution in [0.25, 0.3) is 0 Å². The number of carbonyl (C=O) groups is 3. The van der Waals surface area contributed by atoms with Gasteiger partial charge in [-0.25, -0.2) is 4.79 Å². The van der Waals surface area contributed by atoms with E-state index in [0.29, 0.717) is 44.7 Å². The van der Waals surface area contributed by atoms with Gasteiger partial charge in [0.15, 0.2) is 0 Å². The van der Waals surface area contributed by atoms with E-state index < -0.39 is 23.3 Å². The second-order valence-corrected chi connectivity index (χ2v) is 10.7. The quantitative estimate of drug-likeness (QED) is 0.673. The number of rotatable bonds is 3. The summed E-state index contributed by atoms with van der Waals surface area (Å²) in [7, 11) is 0. The summed E-state index contributed by atoms with van der Waals surface area (Å²) in [5.41, 5.74) is -1.32. The molecule has 2 heterocycles. The van der Waals surface area contributed by atoms with Gasteiger partial charge in [-0.3, -0.25) is 14.5 Å². The van der Waals surface area contributed by atoms with Gasteiger partial charge < -0.3 is 15.1 Å². The molecule has 3 fully saturated rings. The highest BCUT2D eigenvalue weighted by molar-refractivity contribution is 6.09. The van der Waals surface area contributed by atoms with E-state index in [1.807, 2.05) is 0 Å². The zero-order valence-electron chi connectivity index (χ0n) is 19.7. The maximum atomic E-state index is 13.3. The van der Waals surface area contributed by atoms with Crippen LogP contribution < -0.4 is 10.2 Å². The lowest BCUT2D eigenvalue weighted by atomic mass is 9.64. The molecule has 0 aromatic heterocycles. The molecule has 4 rings (SSSR count). The Labute approximate surface area is 197 Å². The molecule has 1 aromatic rings. The molecule has 10 heteroatoms. The van der Waals surface area contributed by atoms with Crippen molar-refractivity contribution in [2.75, 3.05) is 37.6 Å². The topological polar surface area (TPSA) is 73.0 Å². The molecule has 2 atom stereocenters. The maximum Gasteiger partial charge on any atom is 0.416 e. The highest BCUT2D eigenvalue weighted by atomic mass is 19.4. The third kappa shape index (κ3) is 4.72. The number of nitrogens with one attached hydrogen (secondary N) is 1. The molecule has 1 aliphatic carbocycles. The largest absolute Gasteiger partial charge is 0.416 e. The van der Waals surface area contributed by atoms with Crippen molar-refractivity contribution < 1.29 is 27.6 Å². The van der Waals surface area contributed by atoms with Crippen molar-refractivity contribution in [3.05, 3.63) is 29.8 Å². The Kier molecular flexibility index (Phi) is 6.06. The highest BCUT2D eigenvalue weighted by Gasteiger charge is 2.56. The van der Waals surface area contributed by atoms with E-state index in [4.69, 9.17) is 0 Å². The molecule has 2 unspecified atom stereocenters. The monoisotopic (exact) mass is 480 g/mol. The average molecular weight is 481 g/mol. The lowest BCUT2D eigenvalue weighted by molar-refractivity contribution is -0.141. The van der Waals surface area contributed by atoms with Gasteiger partial charge in [0.2, 0.25) is 5.91 Å². The van der Waals surface area contributed by atoms with Crippen LogP contribution in [-0.2, 0) is 15.8 Å². The highest BCUT2D eigenvalue weighted by Crippen LogP contribution is 2.46. The predicted octanol–water partition coefficient (Wildman–Crippen LogP) is 3.49. The fourth-order valence-electron chi connectivity index (χ4n) is 5.98. The van der Waals surface area contributed by atoms with E-state index in [2.05, 4.69) is 26.1 Å². The number of urea groups is 1. The summed E-state index contributed by atoms with van der Waals surface area (Å²) < 4.78 is 39.1. The molecule has 0 radical (unpaired) electrons. The summed E-state index contributed by atoms with van der Waals surface area (Å²) >= 11 is 0. The van der Waals surface area contributed by atoms with Crippen LogP contribution in [0.3, 0.4) is 0 Å². The van der Waals surface area contributed by atoms with E-state index in [0.717, 1.165) is 23.5 Å². The van der Waals surface area contributed by atoms with Crippen LogP contribution in [0.1, 0.15) is 45.6 Å². The summed E-state index contributed by atoms with van der Waals surface area (Å²) in [5.74, 6) is -0.409. The minimum atomic E-state index is -4.42. The number of anilines is 1. The fourth-order valence-corrected chi connectivity index (χ4v) is 5.98. The third-order valence-corrected chi connectivity index (χ3v) is 7.09. The van der Waals surface area contributed by atoms with Crippen LogP contribution in [0.15, 0.2) is 24.3 Å². The minimum absolute atomic E-state index is 0.0969. The maximum absolute atomic E-state index is 13.3. The van der Waals surface area contributed by atoms with Gasteiger partial charge in [0.1, 0.15) is 12.1 Å². The summed E-state index contributed by atoms with van der Waals surface area (Å²) in [5, 5.41) is 2.88. The van der Waals surface area contributed by atoms with E-state index in [9.17, 15) is 27.6 Å². The second kappa shape index (κ2) is 8.46. The van der Waals surface area contributed by atoms with Crippen molar-refractivity contribution in [1.29, 1.82) is 0 Å². The van der Waals surface area contributed by atoms with Crippen molar-refractivity contribution >= 4 is 23.5 Å². The van der Waals surface area contributed by atoms with Gasteiger partial charge in [-0.2, -0.15) is 13.2 Å². The number of hydrogen-bond acceptors (Lipinski definition) is 4. The molecular weight excluding hydrogens is 449 g/mol. The average Bonchev–Trinajstić information content (AvgIpc) is 2.95. The summed E-state index contributed by atoms with van der Waals surface area (Å²) in [6, 6.07) is 4.59. The van der Waals surface area contributed by atoms with Gasteiger partial charge >= 0.3 is 12.2 Å². The van der Waals surface area contributed by atoms with Crippen LogP contribution >= 0.6 is 0 Å². The lowest BCUT2D eigenvalue weighted by Gasteiger charge is -2.43. The van der Waals surface area contributed by atoms with Gasteiger partial charge in [0.05, 0.1) is 5.56 Å². The minimum Gasteiger partial charge on any atom is -0.368 e. The number of piperazine rings is 1. The van der Waals surface area contributed by atoms with Crippen LogP contribution in [0, 0.1) is 11.3 Å². The molecule has 186 valence electrons. The summed E-state index contributed by atoms with van der Waals surface area (Å²) in [6.07, 6.45) is -2.36. The number of imide groups is 1. The number of hydrogen-bond donors (Lipinski definition) is 1. The Balaban J connectivity index is 1.37. The third-order valence-electron chi connectivity index (χ3n) is 7.09. The molecule has 1 N–H and O–H groups in total. The zero-order valence-corrected chi connectivity index (χ0v) is 19.7. The Bertz CT molecular complexity index is 988. The standard InChI is InChI=1S/C24H31F3N4O3/c1-16-12-22(2,3)15-23(13-16)20(33)31(21(34)28-23)14-19(32)30-9-7-29(8-10-30)18-6-4-5-17(11-18)24(25,26)27/h4-6,11,16H,7-10,12-15H2,1-3H3,(H,28,34). The lowest BCUT2D eigenvalue weighted by Crippen LogP contribution is -2.55. The number of carbonyl (C=O) groups excluding carboxylic acids is 3. The Morgan fingerprint density at radius 2 is 1.79 bits per heavy atom. The number of alkyl halides is 3. The first kappa shape index (κ1) is 24.3. The van der Waals surface area contributed by atoms with Crippen molar-refractivity contribution in [1.82, 2.24) is 15.1 Å². The summed E-state index contributed by atoms with van der Waals surface area (Å²) in [6.45, 7) is 7.24. The van der Waals surface area contributed by atoms with Gasteiger partial charge in [0, 0.05) is 31.9 Å². The Morgan fingerprint density at radius 1 is 1.12 bits per heavy atom. The van der Waals surface area contributed by atoms with E-state index in [1.54, 1.807) is 15.9 Å². The SMILES string of the molecule is CC1CC(C)(C)CC2(C1)NC(=O)N(CC(=O)N1CCN(c3cccc(C(F)(F)F)c3)CC1)C2=O. The Hall–Kier alpha value is -2.78. The van der Waals surface area contributed by atoms with Crippen LogP contribution in [0.4, 0.5) is 23.7 Å². The first-order chi connectivity index (χ1) is 15.8. The van der Waals surface area contributed by atoms with E-state index in [1.165, 1.54) is 6.07 Å². The Morgan fingerprint density at radius 3 is 2.41 bits per heavy atom. The number of benzene rings is 1. The normalized spacial score (nSPS) is 27.4. The molecule has 2 aliphatic heterocycles. The van der Waals surface area contributed by atoms with Gasteiger partial charge in [-0.05, 0) is 48.8 Å². The number of amides is 4. The molecule has 1 saturated carbocycles. The molecule has 0 bridgehead atoms. The van der Waals surface area contributed by atoms with E-state index >= 15 is 0 Å².